The van der Waals surface area contributed by atoms with Gasteiger partial charge in [0.15, 0.2) is 6.35 Å². The minimum atomic E-state index is -3.20. The Kier molecular flexibility index (Phi) is 5.83. The molecule has 0 amide bonds. The highest BCUT2D eigenvalue weighted by atomic mass is 31.2. The van der Waals surface area contributed by atoms with Gasteiger partial charge in [0.05, 0.1) is 5.69 Å². The van der Waals surface area contributed by atoms with Crippen molar-refractivity contribution >= 4 is 19.3 Å². The molecule has 0 aliphatic rings. The number of hydrogen-bond acceptors (Lipinski definition) is 5. The van der Waals surface area contributed by atoms with Gasteiger partial charge in [0, 0.05) is 14.1 Å². The van der Waals surface area contributed by atoms with E-state index in [9.17, 15) is 14.9 Å². The van der Waals surface area contributed by atoms with Crippen molar-refractivity contribution in [2.45, 2.75) is 20.3 Å². The molecule has 2 aromatic carbocycles. The van der Waals surface area contributed by atoms with E-state index < -0.39 is 7.34 Å². The molecule has 0 unspecified atom stereocenters. The molecule has 0 atom stereocenters. The Labute approximate surface area is 149 Å². The van der Waals surface area contributed by atoms with Gasteiger partial charge in [-0.1, -0.05) is 6.07 Å². The van der Waals surface area contributed by atoms with E-state index in [2.05, 4.69) is 6.30 Å². The van der Waals surface area contributed by atoms with Crippen LogP contribution in [0.2, 0.25) is 0 Å². The third-order valence-electron chi connectivity index (χ3n) is 4.01. The molecule has 0 saturated carbocycles. The quantitative estimate of drug-likeness (QED) is 0.687. The van der Waals surface area contributed by atoms with Crippen LogP contribution in [0.4, 0.5) is 5.69 Å². The van der Waals surface area contributed by atoms with E-state index in [0.717, 1.165) is 28.8 Å². The normalized spacial score (nSPS) is 11.4. The molecule has 2 rings (SSSR count). The summed E-state index contributed by atoms with van der Waals surface area (Å²) < 4.78 is 5.45. The van der Waals surface area contributed by atoms with Gasteiger partial charge in [-0.25, -0.2) is 0 Å². The lowest BCUT2D eigenvalue weighted by atomic mass is 9.95. The third kappa shape index (κ3) is 5.27. The Morgan fingerprint density at radius 2 is 1.68 bits per heavy atom. The van der Waals surface area contributed by atoms with Crippen molar-refractivity contribution in [3.05, 3.63) is 52.6 Å². The lowest BCUT2D eigenvalue weighted by molar-refractivity contribution is 0.344. The predicted molar refractivity (Wildman–Crippen MR) is 105 cm³/mol. The molecule has 0 aliphatic heterocycles. The van der Waals surface area contributed by atoms with Crippen LogP contribution in [0, 0.1) is 13.8 Å². The number of aryl methyl sites for hydroxylation is 2. The summed E-state index contributed by atoms with van der Waals surface area (Å²) >= 11 is 0. The van der Waals surface area contributed by atoms with Crippen LogP contribution in [0.5, 0.6) is 11.5 Å². The van der Waals surface area contributed by atoms with Crippen molar-refractivity contribution in [1.29, 1.82) is 0 Å². The molecule has 0 saturated heterocycles. The summed E-state index contributed by atoms with van der Waals surface area (Å²) in [5.74, 6) is 0.869. The van der Waals surface area contributed by atoms with E-state index in [-0.39, 0.29) is 12.1 Å². The fourth-order valence-corrected chi connectivity index (χ4v) is 3.09. The number of benzene rings is 2. The van der Waals surface area contributed by atoms with Gasteiger partial charge in [-0.2, -0.15) is 0 Å². The predicted octanol–water partition coefficient (Wildman–Crippen LogP) is 3.27. The SMILES string of the molecule is C=P(O)(O)COc1cc(C)c(Cc2ccc(O)c(N(C)C)c2)c(C)c1. The minimum Gasteiger partial charge on any atom is -0.506 e. The van der Waals surface area contributed by atoms with Crippen LogP contribution < -0.4 is 9.64 Å². The van der Waals surface area contributed by atoms with Gasteiger partial charge in [0.25, 0.3) is 0 Å². The van der Waals surface area contributed by atoms with E-state index >= 15 is 0 Å². The molecule has 0 fully saturated rings. The number of ether oxygens (including phenoxy) is 1. The molecular formula is C19H26NO4P. The highest BCUT2D eigenvalue weighted by molar-refractivity contribution is 7.62. The molecular weight excluding hydrogens is 337 g/mol. The molecule has 0 bridgehead atoms. The number of phenols is 1. The first-order valence-electron chi connectivity index (χ1n) is 7.97. The van der Waals surface area contributed by atoms with E-state index in [1.54, 1.807) is 6.07 Å². The molecule has 6 heteroatoms. The van der Waals surface area contributed by atoms with Gasteiger partial charge in [-0.3, -0.25) is 0 Å². The number of nitrogens with zero attached hydrogens (tertiary/aromatic N) is 1. The summed E-state index contributed by atoms with van der Waals surface area (Å²) in [6, 6.07) is 9.41. The second-order valence-corrected chi connectivity index (χ2v) is 8.60. The molecule has 25 heavy (non-hydrogen) atoms. The topological polar surface area (TPSA) is 73.2 Å². The summed E-state index contributed by atoms with van der Waals surface area (Å²) in [6.45, 7) is 4.01. The number of rotatable bonds is 6. The first-order valence-corrected chi connectivity index (χ1v) is 10.0. The van der Waals surface area contributed by atoms with Crippen LogP contribution in [0.15, 0.2) is 30.3 Å². The first kappa shape index (κ1) is 19.4. The number of hydrogen-bond donors (Lipinski definition) is 3. The van der Waals surface area contributed by atoms with Crippen molar-refractivity contribution < 1.29 is 19.6 Å². The Morgan fingerprint density at radius 3 is 2.20 bits per heavy atom. The van der Waals surface area contributed by atoms with Gasteiger partial charge in [0.1, 0.15) is 18.8 Å². The van der Waals surface area contributed by atoms with Gasteiger partial charge in [-0.15, -0.1) is 0 Å². The number of anilines is 1. The summed E-state index contributed by atoms with van der Waals surface area (Å²) in [4.78, 5) is 20.6. The third-order valence-corrected chi connectivity index (χ3v) is 4.55. The van der Waals surface area contributed by atoms with Gasteiger partial charge in [0.2, 0.25) is 0 Å². The van der Waals surface area contributed by atoms with Crippen molar-refractivity contribution in [1.82, 2.24) is 0 Å². The Hall–Kier alpha value is -1.94. The molecule has 0 aromatic heterocycles. The van der Waals surface area contributed by atoms with Crippen LogP contribution in [0.25, 0.3) is 0 Å². The smallest absolute Gasteiger partial charge is 0.152 e. The van der Waals surface area contributed by atoms with E-state index in [1.165, 1.54) is 5.56 Å². The molecule has 0 radical (unpaired) electrons. The van der Waals surface area contributed by atoms with Gasteiger partial charge >= 0.3 is 0 Å². The second-order valence-electron chi connectivity index (χ2n) is 6.58. The van der Waals surface area contributed by atoms with Crippen molar-refractivity contribution in [3.8, 4) is 11.5 Å². The zero-order valence-electron chi connectivity index (χ0n) is 15.2. The summed E-state index contributed by atoms with van der Waals surface area (Å²) in [6.07, 6.45) is 3.86. The minimum absolute atomic E-state index is 0.185. The maximum Gasteiger partial charge on any atom is 0.152 e. The number of aromatic hydroxyl groups is 1. The molecule has 5 nitrogen and oxygen atoms in total. The van der Waals surface area contributed by atoms with E-state index in [1.807, 2.05) is 57.1 Å². The zero-order valence-corrected chi connectivity index (χ0v) is 16.0. The zero-order chi connectivity index (χ0) is 18.8. The van der Waals surface area contributed by atoms with E-state index in [0.29, 0.717) is 5.75 Å². The first-order chi connectivity index (χ1) is 11.6. The van der Waals surface area contributed by atoms with E-state index in [4.69, 9.17) is 4.74 Å². The van der Waals surface area contributed by atoms with Crippen LogP contribution in [-0.4, -0.2) is 41.6 Å². The average molecular weight is 363 g/mol. The fourth-order valence-electron chi connectivity index (χ4n) is 2.74. The number of phenolic OH excluding ortho intramolecular Hbond substituents is 1. The van der Waals surface area contributed by atoms with Crippen LogP contribution in [0.3, 0.4) is 0 Å². The Bertz CT molecular complexity index is 788. The molecule has 0 heterocycles. The summed E-state index contributed by atoms with van der Waals surface area (Å²) in [7, 11) is 0.597. The molecule has 0 aliphatic carbocycles. The van der Waals surface area contributed by atoms with Crippen molar-refractivity contribution in [3.63, 3.8) is 0 Å². The lowest BCUT2D eigenvalue weighted by Crippen LogP contribution is -2.09. The average Bonchev–Trinajstić information content (AvgIpc) is 2.49. The lowest BCUT2D eigenvalue weighted by Gasteiger charge is -2.18. The standard InChI is InChI=1S/C19H26NO4P/c1-13-8-16(24-12-25(5,22)23)9-14(2)17(13)10-15-6-7-19(21)18(11-15)20(3)4/h6-9,11,21-23H,5,10,12H2,1-4H3. The fraction of sp³-hybridized carbons (Fsp3) is 0.316. The molecule has 136 valence electrons. The van der Waals surface area contributed by atoms with Crippen LogP contribution in [-0.2, 0) is 6.42 Å². The second kappa shape index (κ2) is 7.52. The van der Waals surface area contributed by atoms with Gasteiger partial charge < -0.3 is 24.5 Å². The monoisotopic (exact) mass is 363 g/mol. The Morgan fingerprint density at radius 1 is 1.08 bits per heavy atom. The van der Waals surface area contributed by atoms with Crippen LogP contribution in [0.1, 0.15) is 22.3 Å². The highest BCUT2D eigenvalue weighted by Gasteiger charge is 2.11. The van der Waals surface area contributed by atoms with Crippen molar-refractivity contribution in [2.24, 2.45) is 0 Å². The maximum atomic E-state index is 9.94. The highest BCUT2D eigenvalue weighted by Crippen LogP contribution is 2.35. The Balaban J connectivity index is 2.26. The summed E-state index contributed by atoms with van der Waals surface area (Å²) in [5.41, 5.74) is 5.22. The molecule has 3 N–H and O–H groups in total. The molecule has 0 spiro atoms. The van der Waals surface area contributed by atoms with Gasteiger partial charge in [-0.05, 0) is 73.1 Å². The van der Waals surface area contributed by atoms with Crippen LogP contribution >= 0.6 is 7.34 Å². The summed E-state index contributed by atoms with van der Waals surface area (Å²) in [5, 5.41) is 9.94. The van der Waals surface area contributed by atoms with Crippen molar-refractivity contribution in [2.75, 3.05) is 25.3 Å². The maximum absolute atomic E-state index is 9.94. The largest absolute Gasteiger partial charge is 0.506 e. The molecule has 2 aromatic rings.